The van der Waals surface area contributed by atoms with Gasteiger partial charge in [0.2, 0.25) is 0 Å². The van der Waals surface area contributed by atoms with Crippen molar-refractivity contribution in [3.63, 3.8) is 0 Å². The molecule has 0 bridgehead atoms. The standard InChI is InChI=1S/C17H24N2O3/c1-2-19-7-8-22-15(11-19)16(20)18-12-17(21)9-13-5-3-4-6-14(13)10-17/h3-6,15,21H,2,7-12H2,1H3,(H,18,20). The van der Waals surface area contributed by atoms with Gasteiger partial charge in [-0.05, 0) is 17.7 Å². The highest BCUT2D eigenvalue weighted by molar-refractivity contribution is 5.81. The summed E-state index contributed by atoms with van der Waals surface area (Å²) in [5, 5.41) is 13.6. The smallest absolute Gasteiger partial charge is 0.250 e. The number of benzene rings is 1. The van der Waals surface area contributed by atoms with Crippen molar-refractivity contribution in [2.45, 2.75) is 31.5 Å². The zero-order valence-corrected chi connectivity index (χ0v) is 13.0. The molecule has 1 aromatic rings. The van der Waals surface area contributed by atoms with Crippen LogP contribution < -0.4 is 5.32 Å². The van der Waals surface area contributed by atoms with E-state index in [1.165, 1.54) is 11.1 Å². The van der Waals surface area contributed by atoms with Gasteiger partial charge in [-0.15, -0.1) is 0 Å². The third-order valence-electron chi connectivity index (χ3n) is 4.64. The molecule has 0 spiro atoms. The Bertz CT molecular complexity index is 521. The van der Waals surface area contributed by atoms with E-state index in [0.717, 1.165) is 13.1 Å². The fraction of sp³-hybridized carbons (Fsp3) is 0.588. The van der Waals surface area contributed by atoms with E-state index >= 15 is 0 Å². The highest BCUT2D eigenvalue weighted by Crippen LogP contribution is 2.29. The number of hydrogen-bond acceptors (Lipinski definition) is 4. The highest BCUT2D eigenvalue weighted by atomic mass is 16.5. The topological polar surface area (TPSA) is 61.8 Å². The zero-order chi connectivity index (χ0) is 15.6. The lowest BCUT2D eigenvalue weighted by molar-refractivity contribution is -0.139. The van der Waals surface area contributed by atoms with Crippen molar-refractivity contribution in [1.82, 2.24) is 10.2 Å². The van der Waals surface area contributed by atoms with Crippen molar-refractivity contribution in [3.8, 4) is 0 Å². The number of nitrogens with zero attached hydrogens (tertiary/aromatic N) is 1. The molecule has 5 heteroatoms. The Kier molecular flexibility index (Phi) is 4.47. The second-order valence-corrected chi connectivity index (χ2v) is 6.32. The second-order valence-electron chi connectivity index (χ2n) is 6.32. The largest absolute Gasteiger partial charge is 0.387 e. The van der Waals surface area contributed by atoms with Gasteiger partial charge >= 0.3 is 0 Å². The van der Waals surface area contributed by atoms with Gasteiger partial charge in [0.25, 0.3) is 5.91 Å². The third kappa shape index (κ3) is 3.32. The van der Waals surface area contributed by atoms with Crippen molar-refractivity contribution in [2.24, 2.45) is 0 Å². The molecule has 1 heterocycles. The first-order chi connectivity index (χ1) is 10.6. The van der Waals surface area contributed by atoms with Crippen LogP contribution in [0.1, 0.15) is 18.1 Å². The van der Waals surface area contributed by atoms with Crippen molar-refractivity contribution in [1.29, 1.82) is 0 Å². The van der Waals surface area contributed by atoms with Crippen LogP contribution in [0.2, 0.25) is 0 Å². The molecule has 120 valence electrons. The number of rotatable bonds is 4. The molecule has 0 radical (unpaired) electrons. The molecule has 3 rings (SSSR count). The lowest BCUT2D eigenvalue weighted by atomic mass is 10.0. The van der Waals surface area contributed by atoms with Crippen LogP contribution in [0.15, 0.2) is 24.3 Å². The first-order valence-corrected chi connectivity index (χ1v) is 8.00. The molecule has 1 aliphatic heterocycles. The van der Waals surface area contributed by atoms with Gasteiger partial charge in [0.1, 0.15) is 6.10 Å². The number of ether oxygens (including phenoxy) is 1. The van der Waals surface area contributed by atoms with Crippen LogP contribution in [-0.2, 0) is 22.4 Å². The van der Waals surface area contributed by atoms with Crippen LogP contribution in [0.5, 0.6) is 0 Å². The number of fused-ring (bicyclic) bond motifs is 1. The summed E-state index contributed by atoms with van der Waals surface area (Å²) in [6, 6.07) is 8.05. The number of amides is 1. The summed E-state index contributed by atoms with van der Waals surface area (Å²) in [7, 11) is 0. The number of carbonyl (C=O) groups is 1. The summed E-state index contributed by atoms with van der Waals surface area (Å²) in [6.07, 6.45) is 0.757. The lowest BCUT2D eigenvalue weighted by Gasteiger charge is -2.32. The first-order valence-electron chi connectivity index (χ1n) is 8.00. The quantitative estimate of drug-likeness (QED) is 0.843. The second kappa shape index (κ2) is 6.36. The number of morpholine rings is 1. The number of hydrogen-bond donors (Lipinski definition) is 2. The zero-order valence-electron chi connectivity index (χ0n) is 13.0. The Morgan fingerprint density at radius 1 is 1.41 bits per heavy atom. The summed E-state index contributed by atoms with van der Waals surface area (Å²) in [5.74, 6) is -0.123. The monoisotopic (exact) mass is 304 g/mol. The van der Waals surface area contributed by atoms with Crippen LogP contribution in [0.3, 0.4) is 0 Å². The van der Waals surface area contributed by atoms with E-state index < -0.39 is 11.7 Å². The van der Waals surface area contributed by atoms with Gasteiger partial charge < -0.3 is 15.2 Å². The SMILES string of the molecule is CCN1CCOC(C(=O)NCC2(O)Cc3ccccc3C2)C1. The van der Waals surface area contributed by atoms with Gasteiger partial charge in [0, 0.05) is 32.5 Å². The van der Waals surface area contributed by atoms with E-state index in [1.54, 1.807) is 0 Å². The predicted octanol–water partition coefficient (Wildman–Crippen LogP) is 0.353. The molecule has 1 unspecified atom stereocenters. The molecular weight excluding hydrogens is 280 g/mol. The van der Waals surface area contributed by atoms with E-state index in [2.05, 4.69) is 17.1 Å². The average molecular weight is 304 g/mol. The summed E-state index contributed by atoms with van der Waals surface area (Å²) in [6.45, 7) is 5.36. The van der Waals surface area contributed by atoms with Crippen molar-refractivity contribution >= 4 is 5.91 Å². The number of aliphatic hydroxyl groups is 1. The summed E-state index contributed by atoms with van der Waals surface area (Å²) >= 11 is 0. The molecule has 1 atom stereocenters. The Morgan fingerprint density at radius 3 is 2.73 bits per heavy atom. The molecule has 0 aromatic heterocycles. The first kappa shape index (κ1) is 15.5. The maximum absolute atomic E-state index is 12.3. The van der Waals surface area contributed by atoms with Gasteiger partial charge in [-0.25, -0.2) is 0 Å². The summed E-state index contributed by atoms with van der Waals surface area (Å²) in [5.41, 5.74) is 1.47. The molecule has 1 amide bonds. The summed E-state index contributed by atoms with van der Waals surface area (Å²) < 4.78 is 5.55. The van der Waals surface area contributed by atoms with Gasteiger partial charge in [0.05, 0.1) is 12.2 Å². The van der Waals surface area contributed by atoms with E-state index in [0.29, 0.717) is 26.0 Å². The van der Waals surface area contributed by atoms with Gasteiger partial charge in [0.15, 0.2) is 0 Å². The fourth-order valence-electron chi connectivity index (χ4n) is 3.31. The lowest BCUT2D eigenvalue weighted by Crippen LogP contribution is -2.52. The molecule has 2 N–H and O–H groups in total. The van der Waals surface area contributed by atoms with Crippen molar-refractivity contribution < 1.29 is 14.6 Å². The molecule has 1 aliphatic carbocycles. The minimum atomic E-state index is -0.877. The predicted molar refractivity (Wildman–Crippen MR) is 83.7 cm³/mol. The van der Waals surface area contributed by atoms with Gasteiger partial charge in [-0.3, -0.25) is 9.69 Å². The minimum absolute atomic E-state index is 0.123. The molecule has 2 aliphatic rings. The molecule has 0 saturated carbocycles. The van der Waals surface area contributed by atoms with Crippen LogP contribution in [-0.4, -0.2) is 60.4 Å². The Morgan fingerprint density at radius 2 is 2.09 bits per heavy atom. The Hall–Kier alpha value is -1.43. The number of carbonyl (C=O) groups excluding carboxylic acids is 1. The number of likely N-dealkylation sites (N-methyl/N-ethyl adjacent to an activating group) is 1. The molecule has 5 nitrogen and oxygen atoms in total. The molecular formula is C17H24N2O3. The number of nitrogens with one attached hydrogen (secondary N) is 1. The van der Waals surface area contributed by atoms with Gasteiger partial charge in [-0.2, -0.15) is 0 Å². The fourth-order valence-corrected chi connectivity index (χ4v) is 3.31. The Labute approximate surface area is 131 Å². The van der Waals surface area contributed by atoms with Crippen LogP contribution in [0.4, 0.5) is 0 Å². The van der Waals surface area contributed by atoms with E-state index in [-0.39, 0.29) is 12.5 Å². The van der Waals surface area contributed by atoms with Crippen LogP contribution in [0, 0.1) is 0 Å². The summed E-state index contributed by atoms with van der Waals surface area (Å²) in [4.78, 5) is 14.5. The molecule has 1 aromatic carbocycles. The highest BCUT2D eigenvalue weighted by Gasteiger charge is 2.36. The Balaban J connectivity index is 1.53. The third-order valence-corrected chi connectivity index (χ3v) is 4.64. The van der Waals surface area contributed by atoms with Crippen molar-refractivity contribution in [2.75, 3.05) is 32.8 Å². The average Bonchev–Trinajstić information content (AvgIpc) is 2.89. The van der Waals surface area contributed by atoms with Crippen LogP contribution >= 0.6 is 0 Å². The molecule has 1 fully saturated rings. The van der Waals surface area contributed by atoms with E-state index in [4.69, 9.17) is 4.74 Å². The normalized spacial score (nSPS) is 24.0. The van der Waals surface area contributed by atoms with Crippen molar-refractivity contribution in [3.05, 3.63) is 35.4 Å². The maximum atomic E-state index is 12.3. The van der Waals surface area contributed by atoms with E-state index in [1.807, 2.05) is 24.3 Å². The molecule has 1 saturated heterocycles. The van der Waals surface area contributed by atoms with Gasteiger partial charge in [-0.1, -0.05) is 31.2 Å². The van der Waals surface area contributed by atoms with E-state index in [9.17, 15) is 9.90 Å². The molecule has 22 heavy (non-hydrogen) atoms. The maximum Gasteiger partial charge on any atom is 0.250 e. The minimum Gasteiger partial charge on any atom is -0.387 e. The van der Waals surface area contributed by atoms with Crippen LogP contribution in [0.25, 0.3) is 0 Å².